The van der Waals surface area contributed by atoms with Crippen LogP contribution in [0.2, 0.25) is 0 Å². The zero-order valence-corrected chi connectivity index (χ0v) is 11.6. The number of carbonyl (C=O) groups excluding carboxylic acids is 1. The molecule has 5 nitrogen and oxygen atoms in total. The fourth-order valence-corrected chi connectivity index (χ4v) is 3.77. The lowest BCUT2D eigenvalue weighted by Gasteiger charge is -2.24. The zero-order chi connectivity index (χ0) is 15.4. The maximum absolute atomic E-state index is 13.2. The van der Waals surface area contributed by atoms with Crippen molar-refractivity contribution in [3.63, 3.8) is 0 Å². The third-order valence-electron chi connectivity index (χ3n) is 4.73. The van der Waals surface area contributed by atoms with Crippen molar-refractivity contribution in [3.05, 3.63) is 36.3 Å². The number of aromatic nitrogens is 1. The molecule has 4 rings (SSSR count). The molecular weight excluding hydrogens is 289 g/mol. The van der Waals surface area contributed by atoms with Crippen LogP contribution in [-0.2, 0) is 9.53 Å². The smallest absolute Gasteiger partial charge is 0.310 e. The Kier molecular flexibility index (Phi) is 2.84. The van der Waals surface area contributed by atoms with Gasteiger partial charge in [-0.25, -0.2) is 4.39 Å². The Hall–Kier alpha value is -2.21. The molecular formula is C16H14FNO4. The average Bonchev–Trinajstić information content (AvgIpc) is 3.18. The van der Waals surface area contributed by atoms with E-state index in [0.717, 1.165) is 0 Å². The van der Waals surface area contributed by atoms with E-state index in [1.807, 2.05) is 0 Å². The molecule has 2 aliphatic rings. The number of benzene rings is 1. The largest absolute Gasteiger partial charge is 0.481 e. The van der Waals surface area contributed by atoms with E-state index in [1.165, 1.54) is 22.8 Å². The van der Waals surface area contributed by atoms with Gasteiger partial charge in [0, 0.05) is 11.6 Å². The second-order valence-electron chi connectivity index (χ2n) is 5.91. The van der Waals surface area contributed by atoms with E-state index in [0.29, 0.717) is 23.7 Å². The number of carboxylic acids is 1. The molecule has 1 aromatic heterocycles. The number of fused-ring (bicyclic) bond motifs is 3. The van der Waals surface area contributed by atoms with Crippen LogP contribution >= 0.6 is 0 Å². The molecule has 0 aliphatic carbocycles. The highest BCUT2D eigenvalue weighted by molar-refractivity contribution is 5.96. The minimum atomic E-state index is -0.993. The number of rotatable bonds is 2. The van der Waals surface area contributed by atoms with Gasteiger partial charge in [0.05, 0.1) is 29.6 Å². The Morgan fingerprint density at radius 3 is 2.64 bits per heavy atom. The van der Waals surface area contributed by atoms with Gasteiger partial charge in [-0.05, 0) is 37.1 Å². The molecule has 2 fully saturated rings. The highest BCUT2D eigenvalue weighted by Crippen LogP contribution is 2.44. The summed E-state index contributed by atoms with van der Waals surface area (Å²) in [6, 6.07) is 5.83. The highest BCUT2D eigenvalue weighted by atomic mass is 19.1. The Morgan fingerprint density at radius 2 is 1.91 bits per heavy atom. The highest BCUT2D eigenvalue weighted by Gasteiger charge is 2.55. The van der Waals surface area contributed by atoms with Gasteiger partial charge in [-0.15, -0.1) is 0 Å². The van der Waals surface area contributed by atoms with Crippen LogP contribution in [0.5, 0.6) is 0 Å². The minimum Gasteiger partial charge on any atom is -0.481 e. The quantitative estimate of drug-likeness (QED) is 0.924. The van der Waals surface area contributed by atoms with Crippen LogP contribution in [0.3, 0.4) is 0 Å². The van der Waals surface area contributed by atoms with E-state index in [4.69, 9.17) is 4.74 Å². The lowest BCUT2D eigenvalue weighted by molar-refractivity contribution is -0.144. The molecule has 22 heavy (non-hydrogen) atoms. The van der Waals surface area contributed by atoms with Gasteiger partial charge in [0.2, 0.25) is 5.91 Å². The molecule has 2 saturated heterocycles. The minimum absolute atomic E-state index is 0.291. The fraction of sp³-hybridized carbons (Fsp3) is 0.375. The lowest BCUT2D eigenvalue weighted by Crippen LogP contribution is -2.40. The first-order chi connectivity index (χ1) is 10.6. The van der Waals surface area contributed by atoms with Crippen LogP contribution in [0.15, 0.2) is 30.5 Å². The second kappa shape index (κ2) is 4.64. The Labute approximate surface area is 125 Å². The maximum atomic E-state index is 13.2. The van der Waals surface area contributed by atoms with Crippen molar-refractivity contribution in [2.24, 2.45) is 11.8 Å². The van der Waals surface area contributed by atoms with Crippen molar-refractivity contribution in [1.29, 1.82) is 0 Å². The molecule has 1 aromatic carbocycles. The number of carbonyl (C=O) groups is 2. The SMILES string of the molecule is O=C(O)[C@@H]1[C@H](C(=O)n2ccc3cc(F)ccc32)[C@H]2CC[C@@H]1O2. The monoisotopic (exact) mass is 303 g/mol. The van der Waals surface area contributed by atoms with Crippen LogP contribution < -0.4 is 0 Å². The first-order valence-electron chi connectivity index (χ1n) is 7.25. The zero-order valence-electron chi connectivity index (χ0n) is 11.6. The van der Waals surface area contributed by atoms with Crippen LogP contribution in [0.25, 0.3) is 10.9 Å². The molecule has 1 N–H and O–H groups in total. The molecule has 3 heterocycles. The van der Waals surface area contributed by atoms with Gasteiger partial charge >= 0.3 is 5.97 Å². The molecule has 2 bridgehead atoms. The summed E-state index contributed by atoms with van der Waals surface area (Å²) in [7, 11) is 0. The Morgan fingerprint density at radius 1 is 1.18 bits per heavy atom. The normalized spacial score (nSPS) is 30.0. The van der Waals surface area contributed by atoms with Gasteiger partial charge in [0.1, 0.15) is 5.82 Å². The van der Waals surface area contributed by atoms with Gasteiger partial charge < -0.3 is 9.84 Å². The van der Waals surface area contributed by atoms with Crippen LogP contribution in [-0.4, -0.2) is 33.8 Å². The summed E-state index contributed by atoms with van der Waals surface area (Å²) in [5.41, 5.74) is 0.582. The summed E-state index contributed by atoms with van der Waals surface area (Å²) in [6.45, 7) is 0. The van der Waals surface area contributed by atoms with Crippen LogP contribution in [0, 0.1) is 17.7 Å². The standard InChI is InChI=1S/C16H14FNO4/c17-9-1-2-10-8(7-9)5-6-18(10)15(19)13-11-3-4-12(22-11)14(13)16(20)21/h1-2,5-7,11-14H,3-4H2,(H,20,21)/t11-,12+,13-,14+/m1/s1. The predicted octanol–water partition coefficient (Wildman–Crippen LogP) is 2.30. The summed E-state index contributed by atoms with van der Waals surface area (Å²) in [5, 5.41) is 10.0. The number of halogens is 1. The van der Waals surface area contributed by atoms with Gasteiger partial charge in [0.25, 0.3) is 0 Å². The average molecular weight is 303 g/mol. The van der Waals surface area contributed by atoms with Crippen LogP contribution in [0.1, 0.15) is 17.6 Å². The molecule has 0 unspecified atom stereocenters. The van der Waals surface area contributed by atoms with Crippen molar-refractivity contribution in [1.82, 2.24) is 4.57 Å². The number of hydrogen-bond donors (Lipinski definition) is 1. The van der Waals surface area contributed by atoms with Gasteiger partial charge in [-0.2, -0.15) is 0 Å². The summed E-state index contributed by atoms with van der Waals surface area (Å²) in [5.74, 6) is -3.14. The molecule has 0 spiro atoms. The van der Waals surface area contributed by atoms with E-state index in [2.05, 4.69) is 0 Å². The topological polar surface area (TPSA) is 68.5 Å². The number of carboxylic acid groups (broad SMARTS) is 1. The van der Waals surface area contributed by atoms with Crippen LogP contribution in [0.4, 0.5) is 4.39 Å². The number of hydrogen-bond acceptors (Lipinski definition) is 3. The van der Waals surface area contributed by atoms with Crippen molar-refractivity contribution in [2.75, 3.05) is 0 Å². The molecule has 0 radical (unpaired) electrons. The third kappa shape index (κ3) is 1.80. The maximum Gasteiger partial charge on any atom is 0.310 e. The molecule has 2 aliphatic heterocycles. The summed E-state index contributed by atoms with van der Waals surface area (Å²) < 4.78 is 20.3. The lowest BCUT2D eigenvalue weighted by atomic mass is 9.78. The van der Waals surface area contributed by atoms with Crippen molar-refractivity contribution >= 4 is 22.8 Å². The fourth-order valence-electron chi connectivity index (χ4n) is 3.77. The summed E-state index contributed by atoms with van der Waals surface area (Å²) in [6.07, 6.45) is 2.24. The van der Waals surface area contributed by atoms with E-state index < -0.39 is 17.8 Å². The molecule has 6 heteroatoms. The molecule has 4 atom stereocenters. The van der Waals surface area contributed by atoms with E-state index in [1.54, 1.807) is 12.3 Å². The van der Waals surface area contributed by atoms with Gasteiger partial charge in [-0.1, -0.05) is 0 Å². The van der Waals surface area contributed by atoms with Gasteiger partial charge in [0.15, 0.2) is 0 Å². The molecule has 0 amide bonds. The van der Waals surface area contributed by atoms with Crippen molar-refractivity contribution in [2.45, 2.75) is 25.0 Å². The number of aliphatic carboxylic acids is 1. The Balaban J connectivity index is 1.75. The number of ether oxygens (including phenoxy) is 1. The van der Waals surface area contributed by atoms with E-state index in [-0.39, 0.29) is 23.9 Å². The third-order valence-corrected chi connectivity index (χ3v) is 4.73. The van der Waals surface area contributed by atoms with Gasteiger partial charge in [-0.3, -0.25) is 14.2 Å². The first-order valence-corrected chi connectivity index (χ1v) is 7.25. The summed E-state index contributed by atoms with van der Waals surface area (Å²) in [4.78, 5) is 24.3. The molecule has 2 aromatic rings. The number of nitrogens with zero attached hydrogens (tertiary/aromatic N) is 1. The molecule has 0 saturated carbocycles. The molecule has 114 valence electrons. The van der Waals surface area contributed by atoms with Crippen molar-refractivity contribution < 1.29 is 23.8 Å². The Bertz CT molecular complexity index is 784. The van der Waals surface area contributed by atoms with E-state index in [9.17, 15) is 19.1 Å². The van der Waals surface area contributed by atoms with E-state index >= 15 is 0 Å². The van der Waals surface area contributed by atoms with Crippen molar-refractivity contribution in [3.8, 4) is 0 Å². The second-order valence-corrected chi connectivity index (χ2v) is 5.91. The first kappa shape index (κ1) is 13.5. The predicted molar refractivity (Wildman–Crippen MR) is 75.0 cm³/mol. The summed E-state index contributed by atoms with van der Waals surface area (Å²) >= 11 is 0.